The molecular weight excluding hydrogens is 206 g/mol. The molecule has 1 amide bonds. The first-order chi connectivity index (χ1) is 7.58. The van der Waals surface area contributed by atoms with E-state index in [0.717, 1.165) is 19.3 Å². The Bertz CT molecular complexity index is 313. The summed E-state index contributed by atoms with van der Waals surface area (Å²) in [7, 11) is 0. The van der Waals surface area contributed by atoms with Gasteiger partial charge in [0, 0.05) is 19.4 Å². The summed E-state index contributed by atoms with van der Waals surface area (Å²) in [5.41, 5.74) is -0.211. The standard InChI is InChI=1S/C12H17NO3/c1-2-3-5-10(14)13-9-12(6-4-7-12)8-11(15)16/h1H,3-9H2,(H,13,14)(H,15,16). The van der Waals surface area contributed by atoms with Crippen LogP contribution in [-0.2, 0) is 9.59 Å². The molecule has 1 fully saturated rings. The van der Waals surface area contributed by atoms with E-state index in [0.29, 0.717) is 19.4 Å². The van der Waals surface area contributed by atoms with E-state index in [4.69, 9.17) is 11.5 Å². The molecule has 4 nitrogen and oxygen atoms in total. The van der Waals surface area contributed by atoms with E-state index < -0.39 is 5.97 Å². The minimum Gasteiger partial charge on any atom is -0.481 e. The molecule has 0 aromatic heterocycles. The highest BCUT2D eigenvalue weighted by Gasteiger charge is 2.39. The van der Waals surface area contributed by atoms with Crippen molar-refractivity contribution in [3.05, 3.63) is 0 Å². The number of aliphatic carboxylic acids is 1. The van der Waals surface area contributed by atoms with Crippen molar-refractivity contribution in [1.82, 2.24) is 5.32 Å². The number of carboxylic acids is 1. The number of rotatable bonds is 6. The van der Waals surface area contributed by atoms with Gasteiger partial charge in [-0.25, -0.2) is 0 Å². The first-order valence-corrected chi connectivity index (χ1v) is 5.50. The van der Waals surface area contributed by atoms with Gasteiger partial charge in [0.05, 0.1) is 6.42 Å². The maximum Gasteiger partial charge on any atom is 0.303 e. The molecule has 0 aliphatic heterocycles. The number of carboxylic acid groups (broad SMARTS) is 1. The van der Waals surface area contributed by atoms with Crippen LogP contribution in [0, 0.1) is 17.8 Å². The Labute approximate surface area is 95.4 Å². The number of carbonyl (C=O) groups excluding carboxylic acids is 1. The third-order valence-corrected chi connectivity index (χ3v) is 3.10. The second-order valence-electron chi connectivity index (χ2n) is 4.40. The summed E-state index contributed by atoms with van der Waals surface area (Å²) in [4.78, 5) is 22.0. The second kappa shape index (κ2) is 5.55. The van der Waals surface area contributed by atoms with Gasteiger partial charge in [-0.3, -0.25) is 9.59 Å². The zero-order valence-electron chi connectivity index (χ0n) is 9.29. The van der Waals surface area contributed by atoms with Crippen LogP contribution in [0.3, 0.4) is 0 Å². The van der Waals surface area contributed by atoms with E-state index in [1.165, 1.54) is 0 Å². The molecule has 0 saturated heterocycles. The highest BCUT2D eigenvalue weighted by Crippen LogP contribution is 2.43. The van der Waals surface area contributed by atoms with Crippen molar-refractivity contribution in [2.24, 2.45) is 5.41 Å². The molecule has 1 aliphatic carbocycles. The number of hydrogen-bond acceptors (Lipinski definition) is 2. The maximum atomic E-state index is 11.3. The average Bonchev–Trinajstić information content (AvgIpc) is 2.18. The summed E-state index contributed by atoms with van der Waals surface area (Å²) in [6.45, 7) is 0.461. The molecule has 1 rings (SSSR count). The van der Waals surface area contributed by atoms with Crippen molar-refractivity contribution in [3.63, 3.8) is 0 Å². The third-order valence-electron chi connectivity index (χ3n) is 3.10. The van der Waals surface area contributed by atoms with E-state index in [9.17, 15) is 9.59 Å². The van der Waals surface area contributed by atoms with Crippen LogP contribution >= 0.6 is 0 Å². The Morgan fingerprint density at radius 3 is 2.56 bits per heavy atom. The van der Waals surface area contributed by atoms with Gasteiger partial charge in [-0.1, -0.05) is 6.42 Å². The molecule has 4 heteroatoms. The van der Waals surface area contributed by atoms with Crippen LogP contribution in [0.5, 0.6) is 0 Å². The fourth-order valence-electron chi connectivity index (χ4n) is 1.97. The van der Waals surface area contributed by atoms with Crippen LogP contribution in [0.15, 0.2) is 0 Å². The molecule has 0 aromatic carbocycles. The monoisotopic (exact) mass is 223 g/mol. The van der Waals surface area contributed by atoms with Gasteiger partial charge in [-0.15, -0.1) is 12.3 Å². The molecule has 1 aliphatic rings. The molecule has 0 aromatic rings. The van der Waals surface area contributed by atoms with E-state index in [-0.39, 0.29) is 17.7 Å². The zero-order valence-corrected chi connectivity index (χ0v) is 9.29. The maximum absolute atomic E-state index is 11.3. The Morgan fingerprint density at radius 1 is 1.44 bits per heavy atom. The smallest absolute Gasteiger partial charge is 0.303 e. The van der Waals surface area contributed by atoms with Crippen LogP contribution < -0.4 is 5.32 Å². The lowest BCUT2D eigenvalue weighted by Gasteiger charge is -2.40. The molecule has 16 heavy (non-hydrogen) atoms. The topological polar surface area (TPSA) is 66.4 Å². The number of terminal acetylenes is 1. The number of amides is 1. The van der Waals surface area contributed by atoms with E-state index in [1.54, 1.807) is 0 Å². The molecule has 0 unspecified atom stereocenters. The van der Waals surface area contributed by atoms with E-state index in [1.807, 2.05) is 0 Å². The Hall–Kier alpha value is -1.50. The van der Waals surface area contributed by atoms with Gasteiger partial charge in [0.15, 0.2) is 0 Å². The molecule has 0 atom stereocenters. The molecule has 0 bridgehead atoms. The average molecular weight is 223 g/mol. The summed E-state index contributed by atoms with van der Waals surface area (Å²) in [5.74, 6) is 1.52. The van der Waals surface area contributed by atoms with Crippen LogP contribution in [0.2, 0.25) is 0 Å². The fraction of sp³-hybridized carbons (Fsp3) is 0.667. The first-order valence-electron chi connectivity index (χ1n) is 5.50. The van der Waals surface area contributed by atoms with E-state index >= 15 is 0 Å². The van der Waals surface area contributed by atoms with Gasteiger partial charge < -0.3 is 10.4 Å². The van der Waals surface area contributed by atoms with Crippen molar-refractivity contribution in [2.75, 3.05) is 6.54 Å². The Morgan fingerprint density at radius 2 is 2.12 bits per heavy atom. The summed E-state index contributed by atoms with van der Waals surface area (Å²) in [5, 5.41) is 11.5. The van der Waals surface area contributed by atoms with Gasteiger partial charge in [-0.05, 0) is 18.3 Å². The van der Waals surface area contributed by atoms with E-state index in [2.05, 4.69) is 11.2 Å². The highest BCUT2D eigenvalue weighted by molar-refractivity contribution is 5.76. The van der Waals surface area contributed by atoms with Crippen LogP contribution in [-0.4, -0.2) is 23.5 Å². The summed E-state index contributed by atoms with van der Waals surface area (Å²) >= 11 is 0. The highest BCUT2D eigenvalue weighted by atomic mass is 16.4. The molecular formula is C12H17NO3. The molecule has 0 heterocycles. The number of hydrogen-bond donors (Lipinski definition) is 2. The van der Waals surface area contributed by atoms with Crippen LogP contribution in [0.25, 0.3) is 0 Å². The lowest BCUT2D eigenvalue weighted by Crippen LogP contribution is -2.43. The quantitative estimate of drug-likeness (QED) is 0.664. The van der Waals surface area contributed by atoms with Gasteiger partial charge in [-0.2, -0.15) is 0 Å². The van der Waals surface area contributed by atoms with Crippen LogP contribution in [0.1, 0.15) is 38.5 Å². The zero-order chi connectivity index (χ0) is 12.0. The lowest BCUT2D eigenvalue weighted by atomic mass is 9.66. The molecule has 88 valence electrons. The number of carbonyl (C=O) groups is 2. The fourth-order valence-corrected chi connectivity index (χ4v) is 1.97. The lowest BCUT2D eigenvalue weighted by molar-refractivity contribution is -0.141. The molecule has 1 saturated carbocycles. The predicted molar refractivity (Wildman–Crippen MR) is 59.6 cm³/mol. The minimum absolute atomic E-state index is 0.0883. The van der Waals surface area contributed by atoms with Gasteiger partial charge >= 0.3 is 5.97 Å². The summed E-state index contributed by atoms with van der Waals surface area (Å²) in [6.07, 6.45) is 8.76. The number of nitrogens with one attached hydrogen (secondary N) is 1. The minimum atomic E-state index is -0.794. The molecule has 2 N–H and O–H groups in total. The largest absolute Gasteiger partial charge is 0.481 e. The predicted octanol–water partition coefficient (Wildman–Crippen LogP) is 1.16. The Balaban J connectivity index is 2.32. The first kappa shape index (κ1) is 12.6. The van der Waals surface area contributed by atoms with Gasteiger partial charge in [0.25, 0.3) is 0 Å². The van der Waals surface area contributed by atoms with Crippen molar-refractivity contribution < 1.29 is 14.7 Å². The second-order valence-corrected chi connectivity index (χ2v) is 4.40. The van der Waals surface area contributed by atoms with Gasteiger partial charge in [0.2, 0.25) is 5.91 Å². The van der Waals surface area contributed by atoms with Crippen molar-refractivity contribution >= 4 is 11.9 Å². The Kier molecular flexibility index (Phi) is 4.36. The molecule has 0 spiro atoms. The third kappa shape index (κ3) is 3.58. The van der Waals surface area contributed by atoms with Gasteiger partial charge in [0.1, 0.15) is 0 Å². The normalized spacial score (nSPS) is 16.9. The molecule has 0 radical (unpaired) electrons. The van der Waals surface area contributed by atoms with Crippen LogP contribution in [0.4, 0.5) is 0 Å². The van der Waals surface area contributed by atoms with Crippen molar-refractivity contribution in [2.45, 2.75) is 38.5 Å². The van der Waals surface area contributed by atoms with Crippen molar-refractivity contribution in [1.29, 1.82) is 0 Å². The SMILES string of the molecule is C#CCCC(=O)NCC1(CC(=O)O)CCC1. The van der Waals surface area contributed by atoms with Crippen molar-refractivity contribution in [3.8, 4) is 12.3 Å². The summed E-state index contributed by atoms with van der Waals surface area (Å²) < 4.78 is 0. The summed E-state index contributed by atoms with van der Waals surface area (Å²) in [6, 6.07) is 0.